The molecule has 2 rings (SSSR count). The summed E-state index contributed by atoms with van der Waals surface area (Å²) in [6.45, 7) is 0.659. The molecule has 0 radical (unpaired) electrons. The van der Waals surface area contributed by atoms with Gasteiger partial charge in [-0.05, 0) is 31.2 Å². The predicted molar refractivity (Wildman–Crippen MR) is 71.4 cm³/mol. The van der Waals surface area contributed by atoms with Crippen molar-refractivity contribution in [3.8, 4) is 17.0 Å². The minimum atomic E-state index is -0.369. The van der Waals surface area contributed by atoms with Crippen LogP contribution in [-0.4, -0.2) is 18.6 Å². The number of hydrogen-bond donors (Lipinski definition) is 1. The number of thiazole rings is 1. The van der Waals surface area contributed by atoms with Crippen molar-refractivity contribution in [3.63, 3.8) is 0 Å². The fraction of sp³-hybridized carbons (Fsp3) is 0.308. The maximum Gasteiger partial charge on any atom is 0.165 e. The number of aryl methyl sites for hydroxylation is 1. The van der Waals surface area contributed by atoms with Crippen molar-refractivity contribution in [1.82, 2.24) is 4.98 Å². The molecular formula is C13H15FN2OS. The Labute approximate surface area is 109 Å². The fourth-order valence-corrected chi connectivity index (χ4v) is 2.49. The van der Waals surface area contributed by atoms with Crippen molar-refractivity contribution in [2.45, 2.75) is 12.8 Å². The van der Waals surface area contributed by atoms with E-state index in [1.807, 2.05) is 11.4 Å². The van der Waals surface area contributed by atoms with Crippen LogP contribution in [-0.2, 0) is 6.42 Å². The second kappa shape index (κ2) is 5.93. The van der Waals surface area contributed by atoms with Crippen LogP contribution in [0.3, 0.4) is 0 Å². The Morgan fingerprint density at radius 2 is 2.28 bits per heavy atom. The third-order valence-electron chi connectivity index (χ3n) is 2.59. The molecule has 0 amide bonds. The van der Waals surface area contributed by atoms with E-state index in [0.717, 1.165) is 29.1 Å². The van der Waals surface area contributed by atoms with E-state index in [1.54, 1.807) is 17.4 Å². The molecule has 1 heterocycles. The van der Waals surface area contributed by atoms with Gasteiger partial charge in [0.2, 0.25) is 0 Å². The topological polar surface area (TPSA) is 48.1 Å². The number of methoxy groups -OCH3 is 1. The molecule has 2 aromatic rings. The van der Waals surface area contributed by atoms with Crippen LogP contribution < -0.4 is 10.5 Å². The molecule has 0 unspecified atom stereocenters. The van der Waals surface area contributed by atoms with Crippen LogP contribution in [0, 0.1) is 5.82 Å². The SMILES string of the molecule is COc1ccc(-c2csc(CCCN)n2)cc1F. The number of hydrogen-bond acceptors (Lipinski definition) is 4. The lowest BCUT2D eigenvalue weighted by Gasteiger charge is -2.03. The zero-order chi connectivity index (χ0) is 13.0. The van der Waals surface area contributed by atoms with Gasteiger partial charge in [0.15, 0.2) is 11.6 Å². The Morgan fingerprint density at radius 1 is 1.44 bits per heavy atom. The van der Waals surface area contributed by atoms with Crippen LogP contribution in [0.2, 0.25) is 0 Å². The Kier molecular flexibility index (Phi) is 4.28. The molecular weight excluding hydrogens is 251 g/mol. The lowest BCUT2D eigenvalue weighted by molar-refractivity contribution is 0.386. The van der Waals surface area contributed by atoms with Gasteiger partial charge in [-0.2, -0.15) is 0 Å². The van der Waals surface area contributed by atoms with Crippen molar-refractivity contribution in [2.24, 2.45) is 5.73 Å². The first-order chi connectivity index (χ1) is 8.74. The van der Waals surface area contributed by atoms with Gasteiger partial charge in [-0.3, -0.25) is 0 Å². The molecule has 0 aliphatic rings. The van der Waals surface area contributed by atoms with Crippen molar-refractivity contribution < 1.29 is 9.13 Å². The van der Waals surface area contributed by atoms with Crippen LogP contribution in [0.15, 0.2) is 23.6 Å². The molecule has 2 N–H and O–H groups in total. The van der Waals surface area contributed by atoms with Crippen LogP contribution in [0.25, 0.3) is 11.3 Å². The average Bonchev–Trinajstić information content (AvgIpc) is 2.85. The summed E-state index contributed by atoms with van der Waals surface area (Å²) in [5.41, 5.74) is 7.03. The minimum absolute atomic E-state index is 0.248. The van der Waals surface area contributed by atoms with Crippen molar-refractivity contribution in [3.05, 3.63) is 34.4 Å². The number of ether oxygens (including phenoxy) is 1. The summed E-state index contributed by atoms with van der Waals surface area (Å²) in [5.74, 6) is -0.121. The normalized spacial score (nSPS) is 10.6. The Hall–Kier alpha value is -1.46. The standard InChI is InChI=1S/C13H15FN2OS/c1-17-12-5-4-9(7-10(12)14)11-8-18-13(16-11)3-2-6-15/h4-5,7-8H,2-3,6,15H2,1H3. The van der Waals surface area contributed by atoms with Gasteiger partial charge in [0.1, 0.15) is 0 Å². The van der Waals surface area contributed by atoms with Gasteiger partial charge in [0, 0.05) is 17.4 Å². The molecule has 3 nitrogen and oxygen atoms in total. The number of aromatic nitrogens is 1. The third-order valence-corrected chi connectivity index (χ3v) is 3.50. The molecule has 0 spiro atoms. The van der Waals surface area contributed by atoms with Gasteiger partial charge in [-0.25, -0.2) is 9.37 Å². The summed E-state index contributed by atoms with van der Waals surface area (Å²) >= 11 is 1.58. The van der Waals surface area contributed by atoms with E-state index in [4.69, 9.17) is 10.5 Å². The number of nitrogens with two attached hydrogens (primary N) is 1. The highest BCUT2D eigenvalue weighted by atomic mass is 32.1. The van der Waals surface area contributed by atoms with Gasteiger partial charge in [-0.15, -0.1) is 11.3 Å². The second-order valence-corrected chi connectivity index (χ2v) is 4.81. The molecule has 96 valence electrons. The van der Waals surface area contributed by atoms with E-state index in [0.29, 0.717) is 6.54 Å². The number of rotatable bonds is 5. The van der Waals surface area contributed by atoms with E-state index >= 15 is 0 Å². The van der Waals surface area contributed by atoms with Gasteiger partial charge >= 0.3 is 0 Å². The maximum absolute atomic E-state index is 13.6. The highest BCUT2D eigenvalue weighted by Crippen LogP contribution is 2.26. The van der Waals surface area contributed by atoms with E-state index < -0.39 is 0 Å². The second-order valence-electron chi connectivity index (χ2n) is 3.87. The third kappa shape index (κ3) is 2.86. The van der Waals surface area contributed by atoms with Crippen molar-refractivity contribution in [1.29, 1.82) is 0 Å². The highest BCUT2D eigenvalue weighted by molar-refractivity contribution is 7.09. The molecule has 0 aliphatic heterocycles. The molecule has 0 bridgehead atoms. The van der Waals surface area contributed by atoms with E-state index in [-0.39, 0.29) is 11.6 Å². The molecule has 1 aromatic heterocycles. The van der Waals surface area contributed by atoms with Gasteiger partial charge < -0.3 is 10.5 Å². The molecule has 0 atom stereocenters. The number of nitrogens with zero attached hydrogens (tertiary/aromatic N) is 1. The first kappa shape index (κ1) is 13.0. The van der Waals surface area contributed by atoms with Gasteiger partial charge in [0.05, 0.1) is 17.8 Å². The molecule has 1 aromatic carbocycles. The lowest BCUT2D eigenvalue weighted by Crippen LogP contribution is -1.99. The zero-order valence-electron chi connectivity index (χ0n) is 10.1. The molecule has 0 saturated carbocycles. The zero-order valence-corrected chi connectivity index (χ0v) is 11.0. The predicted octanol–water partition coefficient (Wildman–Crippen LogP) is 2.85. The van der Waals surface area contributed by atoms with Crippen LogP contribution in [0.5, 0.6) is 5.75 Å². The minimum Gasteiger partial charge on any atom is -0.494 e. The smallest absolute Gasteiger partial charge is 0.165 e. The van der Waals surface area contributed by atoms with Crippen LogP contribution in [0.1, 0.15) is 11.4 Å². The Bertz CT molecular complexity index is 527. The Balaban J connectivity index is 2.20. The van der Waals surface area contributed by atoms with Crippen molar-refractivity contribution in [2.75, 3.05) is 13.7 Å². The lowest BCUT2D eigenvalue weighted by atomic mass is 10.1. The first-order valence-electron chi connectivity index (χ1n) is 5.73. The van der Waals surface area contributed by atoms with E-state index in [9.17, 15) is 4.39 Å². The average molecular weight is 266 g/mol. The summed E-state index contributed by atoms with van der Waals surface area (Å²) in [5, 5.41) is 2.97. The van der Waals surface area contributed by atoms with Gasteiger partial charge in [-0.1, -0.05) is 0 Å². The van der Waals surface area contributed by atoms with Crippen LogP contribution in [0.4, 0.5) is 4.39 Å². The van der Waals surface area contributed by atoms with Gasteiger partial charge in [0.25, 0.3) is 0 Å². The molecule has 5 heteroatoms. The summed E-state index contributed by atoms with van der Waals surface area (Å²) in [6.07, 6.45) is 1.80. The summed E-state index contributed by atoms with van der Waals surface area (Å²) in [7, 11) is 1.45. The number of benzene rings is 1. The number of halogens is 1. The fourth-order valence-electron chi connectivity index (χ4n) is 1.64. The monoisotopic (exact) mass is 266 g/mol. The summed E-state index contributed by atoms with van der Waals surface area (Å²) < 4.78 is 18.5. The Morgan fingerprint density at radius 3 is 2.94 bits per heavy atom. The quantitative estimate of drug-likeness (QED) is 0.905. The van der Waals surface area contributed by atoms with E-state index in [2.05, 4.69) is 4.98 Å². The van der Waals surface area contributed by atoms with E-state index in [1.165, 1.54) is 13.2 Å². The molecule has 0 saturated heterocycles. The van der Waals surface area contributed by atoms with Crippen LogP contribution >= 0.6 is 11.3 Å². The largest absolute Gasteiger partial charge is 0.494 e. The molecule has 0 aliphatic carbocycles. The highest BCUT2D eigenvalue weighted by Gasteiger charge is 2.08. The maximum atomic E-state index is 13.6. The molecule has 0 fully saturated rings. The summed E-state index contributed by atoms with van der Waals surface area (Å²) in [4.78, 5) is 4.47. The molecule has 18 heavy (non-hydrogen) atoms. The summed E-state index contributed by atoms with van der Waals surface area (Å²) in [6, 6.07) is 4.87. The van der Waals surface area contributed by atoms with Crippen molar-refractivity contribution >= 4 is 11.3 Å². The first-order valence-corrected chi connectivity index (χ1v) is 6.61.